The first-order chi connectivity index (χ1) is 8.97. The minimum atomic E-state index is -0.567. The van der Waals surface area contributed by atoms with Crippen LogP contribution in [-0.2, 0) is 0 Å². The third kappa shape index (κ3) is 3.33. The largest absolute Gasteiger partial charge is 0.456 e. The van der Waals surface area contributed by atoms with Gasteiger partial charge in [-0.2, -0.15) is 0 Å². The van der Waals surface area contributed by atoms with Crippen molar-refractivity contribution in [3.63, 3.8) is 0 Å². The fraction of sp³-hybridized carbons (Fsp3) is 0.0714. The summed E-state index contributed by atoms with van der Waals surface area (Å²) in [4.78, 5) is 11.3. The van der Waals surface area contributed by atoms with Crippen LogP contribution in [0.2, 0.25) is 5.02 Å². The zero-order valence-electron chi connectivity index (χ0n) is 9.91. The van der Waals surface area contributed by atoms with E-state index in [-0.39, 0.29) is 10.8 Å². The number of benzene rings is 2. The maximum absolute atomic E-state index is 13.4. The molecule has 0 aliphatic heterocycles. The minimum Gasteiger partial charge on any atom is -0.456 e. The van der Waals surface area contributed by atoms with Crippen molar-refractivity contribution in [1.29, 1.82) is 0 Å². The Labute approximate surface area is 123 Å². The molecule has 2 rings (SSSR count). The Bertz CT molecular complexity index is 643. The second kappa shape index (κ2) is 5.72. The molecule has 98 valence electrons. The van der Waals surface area contributed by atoms with Gasteiger partial charge in [0, 0.05) is 11.6 Å². The first kappa shape index (κ1) is 14.0. The summed E-state index contributed by atoms with van der Waals surface area (Å²) in [5, 5.41) is 0.0108. The topological polar surface area (TPSA) is 26.3 Å². The van der Waals surface area contributed by atoms with Crippen LogP contribution in [0.5, 0.6) is 11.5 Å². The van der Waals surface area contributed by atoms with Crippen LogP contribution in [0.4, 0.5) is 4.39 Å². The third-order valence-corrected chi connectivity index (χ3v) is 3.35. The van der Waals surface area contributed by atoms with Gasteiger partial charge in [0.1, 0.15) is 17.3 Å². The molecule has 0 amide bonds. The highest BCUT2D eigenvalue weighted by molar-refractivity contribution is 9.10. The van der Waals surface area contributed by atoms with E-state index in [0.29, 0.717) is 21.5 Å². The van der Waals surface area contributed by atoms with E-state index in [2.05, 4.69) is 15.9 Å². The molecular formula is C14H9BrClFO2. The van der Waals surface area contributed by atoms with Gasteiger partial charge in [-0.3, -0.25) is 4.79 Å². The summed E-state index contributed by atoms with van der Waals surface area (Å²) in [5.41, 5.74) is 0.531. The van der Waals surface area contributed by atoms with Gasteiger partial charge in [-0.25, -0.2) is 4.39 Å². The predicted octanol–water partition coefficient (Wildman–Crippen LogP) is 5.24. The lowest BCUT2D eigenvalue weighted by Gasteiger charge is -2.09. The van der Waals surface area contributed by atoms with Crippen molar-refractivity contribution >= 4 is 33.3 Å². The number of ether oxygens (including phenoxy) is 1. The van der Waals surface area contributed by atoms with Crippen molar-refractivity contribution in [1.82, 2.24) is 0 Å². The lowest BCUT2D eigenvalue weighted by Crippen LogP contribution is -1.93. The average molecular weight is 344 g/mol. The van der Waals surface area contributed by atoms with Crippen LogP contribution in [0, 0.1) is 5.82 Å². The van der Waals surface area contributed by atoms with Gasteiger partial charge in [-0.1, -0.05) is 23.7 Å². The number of hydrogen-bond acceptors (Lipinski definition) is 2. The molecule has 0 aromatic heterocycles. The van der Waals surface area contributed by atoms with E-state index in [9.17, 15) is 9.18 Å². The second-order valence-electron chi connectivity index (χ2n) is 3.88. The molecule has 5 heteroatoms. The van der Waals surface area contributed by atoms with Gasteiger partial charge >= 0.3 is 0 Å². The molecule has 0 N–H and O–H groups in total. The highest BCUT2D eigenvalue weighted by Crippen LogP contribution is 2.33. The molecular weight excluding hydrogens is 335 g/mol. The Balaban J connectivity index is 2.33. The highest BCUT2D eigenvalue weighted by atomic mass is 79.9. The first-order valence-electron chi connectivity index (χ1n) is 5.41. The number of rotatable bonds is 3. The molecule has 2 aromatic carbocycles. The van der Waals surface area contributed by atoms with Gasteiger partial charge in [0.25, 0.3) is 0 Å². The van der Waals surface area contributed by atoms with Crippen LogP contribution < -0.4 is 4.74 Å². The van der Waals surface area contributed by atoms with E-state index in [0.717, 1.165) is 0 Å². The molecule has 0 radical (unpaired) electrons. The molecule has 0 aliphatic rings. The Kier molecular flexibility index (Phi) is 4.22. The first-order valence-corrected chi connectivity index (χ1v) is 6.58. The summed E-state index contributed by atoms with van der Waals surface area (Å²) in [5.74, 6) is 0.118. The maximum atomic E-state index is 13.4. The molecule has 0 aliphatic carbocycles. The van der Waals surface area contributed by atoms with Gasteiger partial charge in [-0.15, -0.1) is 0 Å². The fourth-order valence-corrected chi connectivity index (χ4v) is 2.21. The molecule has 0 bridgehead atoms. The van der Waals surface area contributed by atoms with Crippen molar-refractivity contribution < 1.29 is 13.9 Å². The fourth-order valence-electron chi connectivity index (χ4n) is 1.49. The van der Waals surface area contributed by atoms with Gasteiger partial charge in [0.2, 0.25) is 0 Å². The predicted molar refractivity (Wildman–Crippen MR) is 75.6 cm³/mol. The molecule has 0 saturated carbocycles. The van der Waals surface area contributed by atoms with E-state index in [4.69, 9.17) is 16.3 Å². The van der Waals surface area contributed by atoms with Crippen molar-refractivity contribution in [3.8, 4) is 11.5 Å². The van der Waals surface area contributed by atoms with Crippen LogP contribution in [0.3, 0.4) is 0 Å². The standard InChI is InChI=1S/C14H9BrClFO2/c1-8(18)9-3-2-4-10(5-9)19-14-7-13(17)12(16)6-11(14)15/h2-7H,1H3. The van der Waals surface area contributed by atoms with Gasteiger partial charge in [0.15, 0.2) is 5.78 Å². The maximum Gasteiger partial charge on any atom is 0.159 e. The zero-order chi connectivity index (χ0) is 14.0. The number of carbonyl (C=O) groups is 1. The van der Waals surface area contributed by atoms with Gasteiger partial charge in [-0.05, 0) is 41.1 Å². The number of halogens is 3. The van der Waals surface area contributed by atoms with Crippen LogP contribution in [0.25, 0.3) is 0 Å². The summed E-state index contributed by atoms with van der Waals surface area (Å²) in [6.45, 7) is 1.47. The number of ketones is 1. The molecule has 0 saturated heterocycles. The van der Waals surface area contributed by atoms with Crippen molar-refractivity contribution in [2.45, 2.75) is 6.92 Å². The molecule has 0 unspecified atom stereocenters. The Morgan fingerprint density at radius 2 is 2.05 bits per heavy atom. The number of carbonyl (C=O) groups excluding carboxylic acids is 1. The lowest BCUT2D eigenvalue weighted by atomic mass is 10.1. The third-order valence-electron chi connectivity index (χ3n) is 2.44. The lowest BCUT2D eigenvalue weighted by molar-refractivity contribution is 0.101. The Morgan fingerprint density at radius 1 is 1.32 bits per heavy atom. The zero-order valence-corrected chi connectivity index (χ0v) is 12.3. The Morgan fingerprint density at radius 3 is 2.74 bits per heavy atom. The van der Waals surface area contributed by atoms with Crippen molar-refractivity contribution in [3.05, 3.63) is 57.3 Å². The second-order valence-corrected chi connectivity index (χ2v) is 5.14. The molecule has 2 nitrogen and oxygen atoms in total. The summed E-state index contributed by atoms with van der Waals surface area (Å²) in [7, 11) is 0. The molecule has 0 fully saturated rings. The van der Waals surface area contributed by atoms with E-state index in [1.807, 2.05) is 0 Å². The van der Waals surface area contributed by atoms with E-state index in [1.54, 1.807) is 24.3 Å². The summed E-state index contributed by atoms with van der Waals surface area (Å²) in [6, 6.07) is 9.28. The SMILES string of the molecule is CC(=O)c1cccc(Oc2cc(F)c(Cl)cc2Br)c1. The van der Waals surface area contributed by atoms with E-state index in [1.165, 1.54) is 19.1 Å². The smallest absolute Gasteiger partial charge is 0.159 e. The van der Waals surface area contributed by atoms with Gasteiger partial charge < -0.3 is 4.74 Å². The summed E-state index contributed by atoms with van der Waals surface area (Å²) >= 11 is 8.89. The van der Waals surface area contributed by atoms with Crippen LogP contribution in [-0.4, -0.2) is 5.78 Å². The van der Waals surface area contributed by atoms with Gasteiger partial charge in [0.05, 0.1) is 9.50 Å². The average Bonchev–Trinajstić information content (AvgIpc) is 2.36. The van der Waals surface area contributed by atoms with E-state index < -0.39 is 5.82 Å². The van der Waals surface area contributed by atoms with Crippen molar-refractivity contribution in [2.75, 3.05) is 0 Å². The quantitative estimate of drug-likeness (QED) is 0.563. The number of hydrogen-bond donors (Lipinski definition) is 0. The number of Topliss-reactive ketones (excluding diaryl/α,β-unsaturated/α-hetero) is 1. The summed E-state index contributed by atoms with van der Waals surface area (Å²) in [6.07, 6.45) is 0. The highest BCUT2D eigenvalue weighted by Gasteiger charge is 2.09. The van der Waals surface area contributed by atoms with Crippen LogP contribution in [0.15, 0.2) is 40.9 Å². The molecule has 0 atom stereocenters. The van der Waals surface area contributed by atoms with Crippen molar-refractivity contribution in [2.24, 2.45) is 0 Å². The molecule has 0 heterocycles. The molecule has 0 spiro atoms. The van der Waals surface area contributed by atoms with Crippen LogP contribution in [0.1, 0.15) is 17.3 Å². The van der Waals surface area contributed by atoms with Crippen LogP contribution >= 0.6 is 27.5 Å². The summed E-state index contributed by atoms with van der Waals surface area (Å²) < 4.78 is 19.5. The van der Waals surface area contributed by atoms with E-state index >= 15 is 0 Å². The molecule has 2 aromatic rings. The molecule has 19 heavy (non-hydrogen) atoms. The Hall–Kier alpha value is -1.39. The minimum absolute atomic E-state index is 0.0108. The normalized spacial score (nSPS) is 10.3. The monoisotopic (exact) mass is 342 g/mol.